The van der Waals surface area contributed by atoms with E-state index in [1.807, 2.05) is 22.6 Å². The number of alkyl halides is 4. The van der Waals surface area contributed by atoms with E-state index in [1.165, 1.54) is 0 Å². The number of hydrogen-bond acceptors (Lipinski definition) is 2. The van der Waals surface area contributed by atoms with Gasteiger partial charge < -0.3 is 9.47 Å². The first-order valence-corrected chi connectivity index (χ1v) is 4.92. The highest BCUT2D eigenvalue weighted by molar-refractivity contribution is 14.1. The summed E-state index contributed by atoms with van der Waals surface area (Å²) in [5, 5.41) is 0. The molecule has 6 heteroatoms. The molecule has 0 aromatic heterocycles. The third-order valence-corrected chi connectivity index (χ3v) is 2.45. The van der Waals surface area contributed by atoms with Crippen molar-refractivity contribution in [2.75, 3.05) is 17.6 Å². The van der Waals surface area contributed by atoms with Gasteiger partial charge in [-0.1, -0.05) is 22.6 Å². The standard InChI is InChI=1S/C6H8F3IO2/c7-6(8,9)5-3-11-2-4(1-10)12-5/h4-5H,1-3H2. The van der Waals surface area contributed by atoms with Crippen molar-refractivity contribution in [1.82, 2.24) is 0 Å². The largest absolute Gasteiger partial charge is 0.416 e. The molecule has 2 unspecified atom stereocenters. The maximum Gasteiger partial charge on any atom is 0.416 e. The van der Waals surface area contributed by atoms with Crippen LogP contribution in [-0.2, 0) is 9.47 Å². The zero-order chi connectivity index (χ0) is 9.19. The Morgan fingerprint density at radius 1 is 1.33 bits per heavy atom. The summed E-state index contributed by atoms with van der Waals surface area (Å²) in [5.41, 5.74) is 0. The molecule has 12 heavy (non-hydrogen) atoms. The van der Waals surface area contributed by atoms with Crippen LogP contribution in [0.5, 0.6) is 0 Å². The molecule has 0 aromatic rings. The maximum absolute atomic E-state index is 12.0. The van der Waals surface area contributed by atoms with Gasteiger partial charge >= 0.3 is 6.18 Å². The average Bonchev–Trinajstić information content (AvgIpc) is 2.03. The molecule has 1 rings (SSSR count). The van der Waals surface area contributed by atoms with Crippen LogP contribution in [-0.4, -0.2) is 36.0 Å². The highest BCUT2D eigenvalue weighted by atomic mass is 127. The van der Waals surface area contributed by atoms with Gasteiger partial charge in [0, 0.05) is 4.43 Å². The van der Waals surface area contributed by atoms with Crippen molar-refractivity contribution in [3.05, 3.63) is 0 Å². The molecule has 2 atom stereocenters. The lowest BCUT2D eigenvalue weighted by atomic mass is 10.3. The van der Waals surface area contributed by atoms with Crippen LogP contribution in [0.3, 0.4) is 0 Å². The topological polar surface area (TPSA) is 18.5 Å². The Kier molecular flexibility index (Phi) is 3.59. The SMILES string of the molecule is FC(F)(F)C1COCC(CI)O1. The normalized spacial score (nSPS) is 32.0. The number of rotatable bonds is 1. The van der Waals surface area contributed by atoms with E-state index < -0.39 is 18.4 Å². The van der Waals surface area contributed by atoms with Crippen LogP contribution in [0.4, 0.5) is 13.2 Å². The van der Waals surface area contributed by atoms with E-state index in [2.05, 4.69) is 0 Å². The molecule has 1 saturated heterocycles. The van der Waals surface area contributed by atoms with E-state index in [4.69, 9.17) is 9.47 Å². The smallest absolute Gasteiger partial charge is 0.376 e. The minimum absolute atomic E-state index is 0.259. The van der Waals surface area contributed by atoms with Crippen molar-refractivity contribution in [3.8, 4) is 0 Å². The highest BCUT2D eigenvalue weighted by Gasteiger charge is 2.44. The summed E-state index contributed by atoms with van der Waals surface area (Å²) in [7, 11) is 0. The second-order valence-electron chi connectivity index (χ2n) is 2.48. The molecule has 0 radical (unpaired) electrons. The van der Waals surface area contributed by atoms with E-state index in [1.54, 1.807) is 0 Å². The fraction of sp³-hybridized carbons (Fsp3) is 1.00. The van der Waals surface area contributed by atoms with E-state index in [0.717, 1.165) is 0 Å². The molecular weight excluding hydrogens is 288 g/mol. The van der Waals surface area contributed by atoms with Crippen LogP contribution in [0.25, 0.3) is 0 Å². The number of ether oxygens (including phenoxy) is 2. The summed E-state index contributed by atoms with van der Waals surface area (Å²) in [6.45, 7) is -0.119. The first-order valence-electron chi connectivity index (χ1n) is 3.40. The molecule has 0 aromatic carbocycles. The first kappa shape index (κ1) is 10.5. The van der Waals surface area contributed by atoms with Crippen molar-refractivity contribution in [2.45, 2.75) is 18.4 Å². The molecule has 0 amide bonds. The van der Waals surface area contributed by atoms with Crippen LogP contribution >= 0.6 is 22.6 Å². The Labute approximate surface area is 81.5 Å². The van der Waals surface area contributed by atoms with Crippen molar-refractivity contribution in [2.24, 2.45) is 0 Å². The maximum atomic E-state index is 12.0. The summed E-state index contributed by atoms with van der Waals surface area (Å²) in [6.07, 6.45) is -6.47. The Bertz CT molecular complexity index is 150. The molecule has 0 saturated carbocycles. The molecule has 0 aliphatic carbocycles. The van der Waals surface area contributed by atoms with Gasteiger partial charge in [-0.05, 0) is 0 Å². The Morgan fingerprint density at radius 3 is 2.50 bits per heavy atom. The zero-order valence-corrected chi connectivity index (χ0v) is 8.26. The summed E-state index contributed by atoms with van der Waals surface area (Å²) < 4.78 is 46.2. The monoisotopic (exact) mass is 296 g/mol. The van der Waals surface area contributed by atoms with E-state index in [-0.39, 0.29) is 13.2 Å². The molecule has 1 heterocycles. The molecular formula is C6H8F3IO2. The Morgan fingerprint density at radius 2 is 2.00 bits per heavy atom. The quantitative estimate of drug-likeness (QED) is 0.542. The Balaban J connectivity index is 2.46. The van der Waals surface area contributed by atoms with Crippen molar-refractivity contribution >= 4 is 22.6 Å². The lowest BCUT2D eigenvalue weighted by Gasteiger charge is -2.30. The summed E-state index contributed by atoms with van der Waals surface area (Å²) in [5.74, 6) is 0. The van der Waals surface area contributed by atoms with E-state index in [0.29, 0.717) is 4.43 Å². The van der Waals surface area contributed by atoms with Crippen LogP contribution in [0, 0.1) is 0 Å². The van der Waals surface area contributed by atoms with Crippen molar-refractivity contribution in [3.63, 3.8) is 0 Å². The minimum atomic E-state index is -4.30. The number of halogens is 4. The van der Waals surface area contributed by atoms with Crippen molar-refractivity contribution in [1.29, 1.82) is 0 Å². The van der Waals surface area contributed by atoms with Crippen molar-refractivity contribution < 1.29 is 22.6 Å². The Hall–Kier alpha value is 0.440. The van der Waals surface area contributed by atoms with Gasteiger partial charge in [-0.15, -0.1) is 0 Å². The van der Waals surface area contributed by atoms with Gasteiger partial charge in [0.2, 0.25) is 0 Å². The molecule has 1 aliphatic heterocycles. The molecule has 2 nitrogen and oxygen atoms in total. The molecule has 0 N–H and O–H groups in total. The lowest BCUT2D eigenvalue weighted by molar-refractivity contribution is -0.268. The van der Waals surface area contributed by atoms with Gasteiger partial charge in [0.25, 0.3) is 0 Å². The zero-order valence-electron chi connectivity index (χ0n) is 6.10. The molecule has 1 aliphatic rings. The minimum Gasteiger partial charge on any atom is -0.376 e. The van der Waals surface area contributed by atoms with E-state index in [9.17, 15) is 13.2 Å². The predicted octanol–water partition coefficient (Wildman–Crippen LogP) is 1.77. The third-order valence-electron chi connectivity index (χ3n) is 1.47. The van der Waals surface area contributed by atoms with Crippen LogP contribution in [0.2, 0.25) is 0 Å². The molecule has 0 spiro atoms. The third kappa shape index (κ3) is 2.74. The first-order chi connectivity index (χ1) is 5.54. The van der Waals surface area contributed by atoms with Gasteiger partial charge in [-0.3, -0.25) is 0 Å². The van der Waals surface area contributed by atoms with E-state index >= 15 is 0 Å². The van der Waals surface area contributed by atoms with Crippen LogP contribution < -0.4 is 0 Å². The highest BCUT2D eigenvalue weighted by Crippen LogP contribution is 2.26. The van der Waals surface area contributed by atoms with Crippen LogP contribution in [0.15, 0.2) is 0 Å². The number of hydrogen-bond donors (Lipinski definition) is 0. The van der Waals surface area contributed by atoms with Gasteiger partial charge in [-0.2, -0.15) is 13.2 Å². The summed E-state index contributed by atoms with van der Waals surface area (Å²) in [4.78, 5) is 0. The second kappa shape index (κ2) is 4.10. The summed E-state index contributed by atoms with van der Waals surface area (Å²) in [6, 6.07) is 0. The van der Waals surface area contributed by atoms with Gasteiger partial charge in [0.15, 0.2) is 6.10 Å². The van der Waals surface area contributed by atoms with Crippen LogP contribution in [0.1, 0.15) is 0 Å². The fourth-order valence-electron chi connectivity index (χ4n) is 0.870. The molecule has 72 valence electrons. The van der Waals surface area contributed by atoms with Gasteiger partial charge in [-0.25, -0.2) is 0 Å². The molecule has 1 fully saturated rings. The fourth-order valence-corrected chi connectivity index (χ4v) is 1.33. The van der Waals surface area contributed by atoms with Gasteiger partial charge in [0.05, 0.1) is 19.3 Å². The summed E-state index contributed by atoms with van der Waals surface area (Å²) >= 11 is 1.97. The van der Waals surface area contributed by atoms with Gasteiger partial charge in [0.1, 0.15) is 0 Å². The predicted molar refractivity (Wildman–Crippen MR) is 44.4 cm³/mol. The average molecular weight is 296 g/mol. The molecule has 0 bridgehead atoms. The second-order valence-corrected chi connectivity index (χ2v) is 3.36. The lowest BCUT2D eigenvalue weighted by Crippen LogP contribution is -2.45.